The molecule has 0 saturated carbocycles. The minimum absolute atomic E-state index is 0.839. The fraction of sp³-hybridized carbons (Fsp3) is 0.857. The van der Waals surface area contributed by atoms with Crippen LogP contribution < -0.4 is 5.32 Å². The largest absolute Gasteiger partial charge is 0.341 e. The van der Waals surface area contributed by atoms with Crippen molar-refractivity contribution in [1.29, 1.82) is 0 Å². The zero-order valence-corrected chi connectivity index (χ0v) is 6.10. The van der Waals surface area contributed by atoms with E-state index in [1.165, 1.54) is 25.9 Å². The third-order valence-corrected chi connectivity index (χ3v) is 2.01. The molecule has 57 valence electrons. The van der Waals surface area contributed by atoms with Gasteiger partial charge >= 0.3 is 0 Å². The Morgan fingerprint density at radius 3 is 2.70 bits per heavy atom. The van der Waals surface area contributed by atoms with Crippen molar-refractivity contribution in [3.8, 4) is 0 Å². The number of nitrogens with one attached hydrogen (secondary N) is 1. The highest BCUT2D eigenvalue weighted by Crippen LogP contribution is 2.17. The molecule has 0 aromatic rings. The van der Waals surface area contributed by atoms with Crippen LogP contribution in [0.25, 0.3) is 0 Å². The van der Waals surface area contributed by atoms with Crippen LogP contribution in [0.15, 0.2) is 0 Å². The molecule has 2 saturated heterocycles. The molecule has 2 rings (SSSR count). The molecule has 1 radical (unpaired) electrons. The van der Waals surface area contributed by atoms with E-state index in [0.717, 1.165) is 19.5 Å². The molecular formula is C7H13N2O. The molecule has 0 aromatic carbocycles. The third-order valence-electron chi connectivity index (χ3n) is 2.01. The zero-order chi connectivity index (χ0) is 6.81. The maximum absolute atomic E-state index is 5.37. The summed E-state index contributed by atoms with van der Waals surface area (Å²) < 4.78 is 5.37. The normalized spacial score (nSPS) is 30.0. The highest BCUT2D eigenvalue weighted by Gasteiger charge is 2.26. The van der Waals surface area contributed by atoms with Crippen LogP contribution in [0.5, 0.6) is 0 Å². The fourth-order valence-corrected chi connectivity index (χ4v) is 1.48. The van der Waals surface area contributed by atoms with Gasteiger partial charge in [-0.15, -0.1) is 0 Å². The Hall–Kier alpha value is -0.120. The number of nitrogens with zero attached hydrogens (tertiary/aromatic N) is 1. The molecular weight excluding hydrogens is 128 g/mol. The van der Waals surface area contributed by atoms with Gasteiger partial charge in [-0.1, -0.05) is 0 Å². The predicted octanol–water partition coefficient (Wildman–Crippen LogP) is 0.149. The summed E-state index contributed by atoms with van der Waals surface area (Å²) in [6.45, 7) is 4.16. The minimum Gasteiger partial charge on any atom is -0.341 e. The predicted molar refractivity (Wildman–Crippen MR) is 38.0 cm³/mol. The van der Waals surface area contributed by atoms with Crippen LogP contribution in [0.4, 0.5) is 0 Å². The van der Waals surface area contributed by atoms with Crippen LogP contribution in [0.3, 0.4) is 0 Å². The smallest absolute Gasteiger partial charge is 0.237 e. The maximum atomic E-state index is 5.37. The van der Waals surface area contributed by atoms with Crippen molar-refractivity contribution in [2.75, 3.05) is 26.2 Å². The lowest BCUT2D eigenvalue weighted by atomic mass is 10.4. The van der Waals surface area contributed by atoms with E-state index in [4.69, 9.17) is 4.74 Å². The van der Waals surface area contributed by atoms with Crippen LogP contribution in [0, 0.1) is 6.35 Å². The van der Waals surface area contributed by atoms with Crippen LogP contribution in [0.2, 0.25) is 0 Å². The van der Waals surface area contributed by atoms with Gasteiger partial charge < -0.3 is 4.74 Å². The van der Waals surface area contributed by atoms with E-state index in [1.54, 1.807) is 0 Å². The van der Waals surface area contributed by atoms with Crippen molar-refractivity contribution >= 4 is 0 Å². The Morgan fingerprint density at radius 1 is 1.30 bits per heavy atom. The molecule has 3 heteroatoms. The first-order chi connectivity index (χ1) is 4.97. The van der Waals surface area contributed by atoms with Crippen molar-refractivity contribution in [3.63, 3.8) is 0 Å². The monoisotopic (exact) mass is 141 g/mol. The van der Waals surface area contributed by atoms with Crippen molar-refractivity contribution in [2.45, 2.75) is 12.8 Å². The summed E-state index contributed by atoms with van der Waals surface area (Å²) in [4.78, 5) is 2.28. The summed E-state index contributed by atoms with van der Waals surface area (Å²) in [5.74, 6) is 0. The molecule has 2 aliphatic rings. The third kappa shape index (κ3) is 1.17. The maximum Gasteiger partial charge on any atom is 0.237 e. The van der Waals surface area contributed by atoms with Gasteiger partial charge in [0.05, 0.1) is 6.61 Å². The van der Waals surface area contributed by atoms with Gasteiger partial charge in [-0.2, -0.15) is 0 Å². The Kier molecular flexibility index (Phi) is 1.88. The summed E-state index contributed by atoms with van der Waals surface area (Å²) in [6, 6.07) is 0. The summed E-state index contributed by atoms with van der Waals surface area (Å²) in [7, 11) is 0. The molecule has 0 atom stereocenters. The first kappa shape index (κ1) is 6.58. The van der Waals surface area contributed by atoms with E-state index in [-0.39, 0.29) is 0 Å². The molecule has 0 amide bonds. The van der Waals surface area contributed by atoms with Gasteiger partial charge in [-0.25, -0.2) is 0 Å². The Morgan fingerprint density at radius 2 is 2.10 bits per heavy atom. The fourth-order valence-electron chi connectivity index (χ4n) is 1.48. The first-order valence-corrected chi connectivity index (χ1v) is 3.95. The highest BCUT2D eigenvalue weighted by molar-refractivity contribution is 4.84. The van der Waals surface area contributed by atoms with Gasteiger partial charge in [-0.05, 0) is 12.8 Å². The topological polar surface area (TPSA) is 24.5 Å². The van der Waals surface area contributed by atoms with E-state index in [0.29, 0.717) is 0 Å². The van der Waals surface area contributed by atoms with Crippen molar-refractivity contribution in [2.24, 2.45) is 0 Å². The molecule has 0 bridgehead atoms. The summed E-state index contributed by atoms with van der Waals surface area (Å²) in [5.41, 5.74) is 0. The van der Waals surface area contributed by atoms with E-state index in [2.05, 4.69) is 10.2 Å². The lowest BCUT2D eigenvalue weighted by Gasteiger charge is -2.19. The molecule has 2 heterocycles. The summed E-state index contributed by atoms with van der Waals surface area (Å²) in [6.07, 6.45) is 3.64. The minimum atomic E-state index is 0.839. The van der Waals surface area contributed by atoms with Crippen molar-refractivity contribution in [3.05, 3.63) is 6.35 Å². The van der Waals surface area contributed by atoms with Crippen molar-refractivity contribution < 1.29 is 4.74 Å². The molecule has 0 aliphatic carbocycles. The Balaban J connectivity index is 1.85. The lowest BCUT2D eigenvalue weighted by molar-refractivity contribution is 0.0816. The molecule has 10 heavy (non-hydrogen) atoms. The number of hydrogen-bond donors (Lipinski definition) is 1. The molecule has 2 fully saturated rings. The number of likely N-dealkylation sites (tertiary alicyclic amines) is 1. The summed E-state index contributed by atoms with van der Waals surface area (Å²) in [5, 5.41) is 3.22. The molecule has 1 N–H and O–H groups in total. The van der Waals surface area contributed by atoms with Gasteiger partial charge in [0.1, 0.15) is 0 Å². The second kappa shape index (κ2) is 2.86. The molecule has 0 unspecified atom stereocenters. The average Bonchev–Trinajstić information content (AvgIpc) is 2.59. The SMILES string of the molecule is C1CCN([C]2NCCO2)C1. The van der Waals surface area contributed by atoms with Crippen LogP contribution in [0.1, 0.15) is 12.8 Å². The molecule has 2 aliphatic heterocycles. The summed E-state index contributed by atoms with van der Waals surface area (Å²) >= 11 is 0. The quantitative estimate of drug-likeness (QED) is 0.562. The van der Waals surface area contributed by atoms with Gasteiger partial charge in [-0.3, -0.25) is 10.2 Å². The van der Waals surface area contributed by atoms with Crippen LogP contribution >= 0.6 is 0 Å². The number of rotatable bonds is 1. The second-order valence-electron chi connectivity index (χ2n) is 2.77. The van der Waals surface area contributed by atoms with Gasteiger partial charge in [0, 0.05) is 19.6 Å². The Labute approximate surface area is 61.3 Å². The standard InChI is InChI=1S/C7H13N2O/c1-2-5-9(4-1)7-8-3-6-10-7/h8H,1-6H2. The van der Waals surface area contributed by atoms with Gasteiger partial charge in [0.15, 0.2) is 0 Å². The van der Waals surface area contributed by atoms with Gasteiger partial charge in [0.25, 0.3) is 0 Å². The zero-order valence-electron chi connectivity index (χ0n) is 6.10. The lowest BCUT2D eigenvalue weighted by Crippen LogP contribution is -2.33. The highest BCUT2D eigenvalue weighted by atomic mass is 16.5. The van der Waals surface area contributed by atoms with E-state index < -0.39 is 0 Å². The number of ether oxygens (including phenoxy) is 1. The van der Waals surface area contributed by atoms with Crippen molar-refractivity contribution in [1.82, 2.24) is 10.2 Å². The van der Waals surface area contributed by atoms with Crippen LogP contribution in [-0.2, 0) is 4.74 Å². The number of hydrogen-bond acceptors (Lipinski definition) is 3. The van der Waals surface area contributed by atoms with E-state index in [9.17, 15) is 0 Å². The molecule has 0 spiro atoms. The van der Waals surface area contributed by atoms with Crippen LogP contribution in [-0.4, -0.2) is 31.1 Å². The average molecular weight is 141 g/mol. The molecule has 0 aromatic heterocycles. The van der Waals surface area contributed by atoms with E-state index >= 15 is 0 Å². The molecule has 3 nitrogen and oxygen atoms in total. The second-order valence-corrected chi connectivity index (χ2v) is 2.77. The van der Waals surface area contributed by atoms with Gasteiger partial charge in [0.2, 0.25) is 6.35 Å². The van der Waals surface area contributed by atoms with E-state index in [1.807, 2.05) is 0 Å². The first-order valence-electron chi connectivity index (χ1n) is 3.95. The Bertz CT molecular complexity index is 92.2.